The Kier molecular flexibility index (Phi) is 3.78. The monoisotopic (exact) mass is 260 g/mol. The number of carbonyl (C=O) groups is 1. The number of aromatic nitrogens is 2. The zero-order valence-electron chi connectivity index (χ0n) is 9.54. The Bertz CT molecular complexity index is 556. The highest BCUT2D eigenvalue weighted by molar-refractivity contribution is 7.98. The van der Waals surface area contributed by atoms with E-state index in [1.54, 1.807) is 24.5 Å². The van der Waals surface area contributed by atoms with Crippen molar-refractivity contribution >= 4 is 23.5 Å². The number of hydrogen-bond acceptors (Lipinski definition) is 5. The number of thioether (sulfide) groups is 1. The molecule has 0 atom stereocenters. The van der Waals surface area contributed by atoms with Gasteiger partial charge in [-0.25, -0.2) is 9.97 Å². The van der Waals surface area contributed by atoms with Crippen LogP contribution >= 0.6 is 11.8 Å². The molecular formula is C12H12N4OS. The van der Waals surface area contributed by atoms with Crippen LogP contribution in [-0.2, 0) is 5.75 Å². The molecule has 1 aromatic heterocycles. The summed E-state index contributed by atoms with van der Waals surface area (Å²) < 4.78 is 0. The predicted octanol–water partition coefficient (Wildman–Crippen LogP) is 1.45. The van der Waals surface area contributed by atoms with Gasteiger partial charge in [-0.2, -0.15) is 0 Å². The Morgan fingerprint density at radius 3 is 2.44 bits per heavy atom. The Labute approximate surface area is 109 Å². The first-order valence-electron chi connectivity index (χ1n) is 5.25. The average Bonchev–Trinajstić information content (AvgIpc) is 2.38. The average molecular weight is 260 g/mol. The van der Waals surface area contributed by atoms with Crippen molar-refractivity contribution in [2.24, 2.45) is 5.73 Å². The summed E-state index contributed by atoms with van der Waals surface area (Å²) in [5.74, 6) is 0.714. The first kappa shape index (κ1) is 12.4. The maximum Gasteiger partial charge on any atom is 0.248 e. The second kappa shape index (κ2) is 5.50. The van der Waals surface area contributed by atoms with Gasteiger partial charge in [0.05, 0.1) is 0 Å². The lowest BCUT2D eigenvalue weighted by Gasteiger charge is -2.03. The number of nitrogens with two attached hydrogens (primary N) is 2. The molecule has 0 saturated carbocycles. The SMILES string of the molecule is NC(=O)c1ccc(CSc2nccnc2N)cc1. The van der Waals surface area contributed by atoms with E-state index in [0.29, 0.717) is 22.2 Å². The molecular weight excluding hydrogens is 248 g/mol. The second-order valence-corrected chi connectivity index (χ2v) is 4.56. The Morgan fingerprint density at radius 2 is 1.83 bits per heavy atom. The van der Waals surface area contributed by atoms with Gasteiger partial charge in [0.1, 0.15) is 5.03 Å². The largest absolute Gasteiger partial charge is 0.381 e. The first-order valence-corrected chi connectivity index (χ1v) is 6.23. The van der Waals surface area contributed by atoms with E-state index in [1.807, 2.05) is 12.1 Å². The van der Waals surface area contributed by atoms with E-state index in [1.165, 1.54) is 11.8 Å². The van der Waals surface area contributed by atoms with Crippen molar-refractivity contribution < 1.29 is 4.79 Å². The van der Waals surface area contributed by atoms with Crippen molar-refractivity contribution in [1.82, 2.24) is 9.97 Å². The molecule has 92 valence electrons. The van der Waals surface area contributed by atoms with Crippen LogP contribution in [0.5, 0.6) is 0 Å². The van der Waals surface area contributed by atoms with Crippen molar-refractivity contribution in [1.29, 1.82) is 0 Å². The molecule has 6 heteroatoms. The van der Waals surface area contributed by atoms with Crippen molar-refractivity contribution in [3.05, 3.63) is 47.8 Å². The number of anilines is 1. The maximum absolute atomic E-state index is 10.9. The fourth-order valence-electron chi connectivity index (χ4n) is 1.36. The molecule has 2 aromatic rings. The highest BCUT2D eigenvalue weighted by atomic mass is 32.2. The number of nitrogens with zero attached hydrogens (tertiary/aromatic N) is 2. The smallest absolute Gasteiger partial charge is 0.248 e. The fraction of sp³-hybridized carbons (Fsp3) is 0.0833. The maximum atomic E-state index is 10.9. The zero-order chi connectivity index (χ0) is 13.0. The van der Waals surface area contributed by atoms with Gasteiger partial charge in [0.25, 0.3) is 0 Å². The summed E-state index contributed by atoms with van der Waals surface area (Å²) in [5, 5.41) is 0.705. The zero-order valence-corrected chi connectivity index (χ0v) is 10.4. The molecule has 0 unspecified atom stereocenters. The molecule has 0 fully saturated rings. The van der Waals surface area contributed by atoms with Crippen LogP contribution in [-0.4, -0.2) is 15.9 Å². The Balaban J connectivity index is 2.02. The van der Waals surface area contributed by atoms with E-state index in [2.05, 4.69) is 9.97 Å². The Morgan fingerprint density at radius 1 is 1.17 bits per heavy atom. The number of nitrogen functional groups attached to an aromatic ring is 1. The van der Waals surface area contributed by atoms with Crippen LogP contribution in [0.25, 0.3) is 0 Å². The summed E-state index contributed by atoms with van der Waals surface area (Å²) in [6.45, 7) is 0. The van der Waals surface area contributed by atoms with Gasteiger partial charge in [-0.05, 0) is 17.7 Å². The molecule has 0 radical (unpaired) electrons. The summed E-state index contributed by atoms with van der Waals surface area (Å²) in [4.78, 5) is 19.0. The third-order valence-electron chi connectivity index (χ3n) is 2.31. The normalized spacial score (nSPS) is 10.2. The minimum atomic E-state index is -0.424. The Hall–Kier alpha value is -2.08. The number of carbonyl (C=O) groups excluding carboxylic acids is 1. The summed E-state index contributed by atoms with van der Waals surface area (Å²) in [5.41, 5.74) is 12.4. The molecule has 1 amide bonds. The summed E-state index contributed by atoms with van der Waals surface area (Å²) in [6.07, 6.45) is 3.16. The first-order chi connectivity index (χ1) is 8.66. The van der Waals surface area contributed by atoms with Crippen LogP contribution in [0.15, 0.2) is 41.7 Å². The highest BCUT2D eigenvalue weighted by Gasteiger charge is 2.04. The number of benzene rings is 1. The van der Waals surface area contributed by atoms with Gasteiger partial charge >= 0.3 is 0 Å². The minimum Gasteiger partial charge on any atom is -0.381 e. The van der Waals surface area contributed by atoms with Gasteiger partial charge in [0, 0.05) is 23.7 Å². The van der Waals surface area contributed by atoms with Crippen LogP contribution in [0.4, 0.5) is 5.82 Å². The number of amides is 1. The third-order valence-corrected chi connectivity index (χ3v) is 3.37. The number of hydrogen-bond donors (Lipinski definition) is 2. The van der Waals surface area contributed by atoms with E-state index >= 15 is 0 Å². The molecule has 1 aromatic carbocycles. The van der Waals surface area contributed by atoms with Crippen molar-refractivity contribution in [2.75, 3.05) is 5.73 Å². The lowest BCUT2D eigenvalue weighted by molar-refractivity contribution is 0.100. The molecule has 0 spiro atoms. The van der Waals surface area contributed by atoms with Crippen LogP contribution in [0.1, 0.15) is 15.9 Å². The molecule has 0 aliphatic rings. The lowest BCUT2D eigenvalue weighted by Crippen LogP contribution is -2.10. The molecule has 0 aliphatic carbocycles. The lowest BCUT2D eigenvalue weighted by atomic mass is 10.1. The minimum absolute atomic E-state index is 0.424. The van der Waals surface area contributed by atoms with Crippen LogP contribution in [0.2, 0.25) is 0 Å². The summed E-state index contributed by atoms with van der Waals surface area (Å²) >= 11 is 1.50. The number of rotatable bonds is 4. The van der Waals surface area contributed by atoms with E-state index in [0.717, 1.165) is 5.56 Å². The molecule has 4 N–H and O–H groups in total. The van der Waals surface area contributed by atoms with Gasteiger partial charge in [-0.1, -0.05) is 23.9 Å². The molecule has 0 bridgehead atoms. The predicted molar refractivity (Wildman–Crippen MR) is 71.0 cm³/mol. The third kappa shape index (κ3) is 2.98. The number of primary amides is 1. The van der Waals surface area contributed by atoms with Crippen molar-refractivity contribution in [3.8, 4) is 0 Å². The van der Waals surface area contributed by atoms with Crippen LogP contribution < -0.4 is 11.5 Å². The van der Waals surface area contributed by atoms with Gasteiger partial charge < -0.3 is 11.5 Å². The van der Waals surface area contributed by atoms with Crippen molar-refractivity contribution in [3.63, 3.8) is 0 Å². The van der Waals surface area contributed by atoms with E-state index in [4.69, 9.17) is 11.5 Å². The molecule has 2 rings (SSSR count). The van der Waals surface area contributed by atoms with Crippen LogP contribution in [0, 0.1) is 0 Å². The molecule has 18 heavy (non-hydrogen) atoms. The van der Waals surface area contributed by atoms with Crippen molar-refractivity contribution in [2.45, 2.75) is 10.8 Å². The summed E-state index contributed by atoms with van der Waals surface area (Å²) in [7, 11) is 0. The van der Waals surface area contributed by atoms with Crippen LogP contribution in [0.3, 0.4) is 0 Å². The molecule has 1 heterocycles. The molecule has 5 nitrogen and oxygen atoms in total. The fourth-order valence-corrected chi connectivity index (χ4v) is 2.20. The topological polar surface area (TPSA) is 94.9 Å². The summed E-state index contributed by atoms with van der Waals surface area (Å²) in [6, 6.07) is 7.13. The van der Waals surface area contributed by atoms with Gasteiger partial charge in [-0.3, -0.25) is 4.79 Å². The van der Waals surface area contributed by atoms with Gasteiger partial charge in [0.2, 0.25) is 5.91 Å². The van der Waals surface area contributed by atoms with Gasteiger partial charge in [0.15, 0.2) is 5.82 Å². The van der Waals surface area contributed by atoms with E-state index < -0.39 is 5.91 Å². The molecule has 0 aliphatic heterocycles. The van der Waals surface area contributed by atoms with E-state index in [9.17, 15) is 4.79 Å². The second-order valence-electron chi connectivity index (χ2n) is 3.60. The van der Waals surface area contributed by atoms with Gasteiger partial charge in [-0.15, -0.1) is 0 Å². The highest BCUT2D eigenvalue weighted by Crippen LogP contribution is 2.24. The standard InChI is InChI=1S/C12H12N4OS/c13-10-12(16-6-5-15-10)18-7-8-1-3-9(4-2-8)11(14)17/h1-6H,7H2,(H2,13,15)(H2,14,17). The quantitative estimate of drug-likeness (QED) is 0.811. The molecule has 0 saturated heterocycles. The van der Waals surface area contributed by atoms with E-state index in [-0.39, 0.29) is 0 Å².